The molecule has 0 saturated heterocycles. The number of nitrogens with zero attached hydrogens (tertiary/aromatic N) is 16. The van der Waals surface area contributed by atoms with Gasteiger partial charge in [-0.15, -0.1) is 0 Å². The lowest BCUT2D eigenvalue weighted by Crippen LogP contribution is -2.18. The van der Waals surface area contributed by atoms with Gasteiger partial charge in [-0.1, -0.05) is 97.1 Å². The summed E-state index contributed by atoms with van der Waals surface area (Å²) in [5.74, 6) is -1.24. The summed E-state index contributed by atoms with van der Waals surface area (Å²) in [6.07, 6.45) is 21.8. The summed E-state index contributed by atoms with van der Waals surface area (Å²) in [5.41, 5.74) is 21.8. The first kappa shape index (κ1) is 96.3. The number of anilines is 4. The molecule has 0 saturated carbocycles. The maximum atomic E-state index is 13.3. The van der Waals surface area contributed by atoms with Crippen LogP contribution in [0.3, 0.4) is 0 Å². The van der Waals surface area contributed by atoms with Crippen LogP contribution in [0.15, 0.2) is 280 Å². The first-order chi connectivity index (χ1) is 69.8. The number of pyridine rings is 4. The number of H-pyrrole nitrogens is 4. The molecule has 712 valence electrons. The number of carbonyl (C=O) groups excluding carboxylic acids is 8. The van der Waals surface area contributed by atoms with Gasteiger partial charge >= 0.3 is 0 Å². The molecule has 0 atom stereocenters. The Morgan fingerprint density at radius 1 is 0.299 bits per heavy atom. The summed E-state index contributed by atoms with van der Waals surface area (Å²) in [5, 5.41) is 53.0. The number of aromatic nitrogens is 20. The molecule has 20 rings (SSSR count). The van der Waals surface area contributed by atoms with Crippen LogP contribution in [-0.4, -0.2) is 146 Å². The van der Waals surface area contributed by atoms with Crippen molar-refractivity contribution in [3.8, 4) is 0 Å². The van der Waals surface area contributed by atoms with Crippen LogP contribution in [0.4, 0.5) is 22.7 Å². The second-order valence-corrected chi connectivity index (χ2v) is 33.8. The van der Waals surface area contributed by atoms with Gasteiger partial charge in [0.2, 0.25) is 0 Å². The summed E-state index contributed by atoms with van der Waals surface area (Å²) in [7, 11) is 3.46. The van der Waals surface area contributed by atoms with Gasteiger partial charge in [-0.2, -0.15) is 30.6 Å². The molecule has 0 radical (unpaired) electrons. The third-order valence-electron chi connectivity index (χ3n) is 23.2. The molecule has 0 bridgehead atoms. The maximum Gasteiger partial charge on any atom is 0.291 e. The van der Waals surface area contributed by atoms with Gasteiger partial charge in [0, 0.05) is 164 Å². The molecule has 32 heteroatoms. The molecule has 0 aliphatic heterocycles. The zero-order valence-electron chi connectivity index (χ0n) is 80.0. The first-order valence-corrected chi connectivity index (χ1v) is 46.1. The molecule has 8 aromatic carbocycles. The molecule has 32 nitrogen and oxygen atoms in total. The molecule has 20 aromatic rings. The number of hydrogen-bond donors (Lipinski definition) is 8. The standard InChI is InChI=1S/C29H26N6O2.2C28H24N6O2.C27H22N6O2/c1-4-35-27(15-19(3)34-35)29(37)31-23-10-6-8-20(16-23)28(36)21-11-13-24-25(32-33-26(24)17-21)14-12-22-9-5-7-18(2)30-22;1-17-6-4-8-21(29-17)11-13-24-23-12-10-20(16-25(23)32-31-24)27(35)19-7-5-9-22(15-19)30-28(36)26-14-18(2)33-34(26)3;1-3-34-15-14-29-27(34)28(36)31-22-9-5-7-19(16-22)26(35)20-10-12-23-24(32-33-25(23)17-20)13-11-21-8-4-6-18(2)30-21;1-17-5-3-7-20(29-17)10-12-23-22-11-9-19(16-24(22)32-31-23)25(34)18-6-4-8-21(15-18)30-27(35)26-28-13-14-33(26)2/h5-17H,4H2,1-3H3,(H,31,37)(H,32,33);4-16H,1-3H3,(H,30,36)(H,31,32);4-17H,3H2,1-2H3,(H,31,36)(H,32,33);3-16H,1-2H3,(H,30,35)(H,31,32)/b14-12+;2*13-11+;12-10+. The van der Waals surface area contributed by atoms with E-state index in [-0.39, 0.29) is 52.6 Å². The third-order valence-corrected chi connectivity index (χ3v) is 23.2. The summed E-state index contributed by atoms with van der Waals surface area (Å²) in [6.45, 7) is 16.6. The van der Waals surface area contributed by atoms with Gasteiger partial charge < -0.3 is 30.4 Å². The number of fused-ring (bicyclic) bond motifs is 4. The fourth-order valence-electron chi connectivity index (χ4n) is 16.1. The van der Waals surface area contributed by atoms with Gasteiger partial charge in [0.1, 0.15) is 11.4 Å². The van der Waals surface area contributed by atoms with Crippen LogP contribution in [0, 0.1) is 41.5 Å². The van der Waals surface area contributed by atoms with Crippen LogP contribution in [-0.2, 0) is 27.2 Å². The summed E-state index contributed by atoms with van der Waals surface area (Å²) in [6, 6.07) is 76.2. The van der Waals surface area contributed by atoms with E-state index in [1.807, 2.05) is 201 Å². The van der Waals surface area contributed by atoms with Gasteiger partial charge in [-0.3, -0.25) is 88.1 Å². The Hall–Kier alpha value is -19.4. The minimum atomic E-state index is -0.345. The molecule has 0 spiro atoms. The van der Waals surface area contributed by atoms with Crippen molar-refractivity contribution in [2.45, 2.75) is 68.5 Å². The topological polar surface area (TPSA) is 422 Å². The zero-order chi connectivity index (χ0) is 101. The van der Waals surface area contributed by atoms with Gasteiger partial charge in [-0.25, -0.2) is 9.97 Å². The average Bonchev–Trinajstić information content (AvgIpc) is 1.65. The molecule has 0 unspecified atom stereocenters. The number of imidazole rings is 2. The van der Waals surface area contributed by atoms with E-state index in [2.05, 4.69) is 102 Å². The SMILES string of the molecule is CCn1ccnc1C(=O)Nc1cccc(C(=O)c2ccc3c(/C=C/c4cccc(C)n4)n[nH]c3c2)c1.CCn1nc(C)cc1C(=O)Nc1cccc(C(=O)c2ccc3c(/C=C/c4cccc(C)n4)n[nH]c3c2)c1.Cc1cccc(/C=C/c2n[nH]c3cc(C(=O)c4cccc(NC(=O)c5cc(C)nn5C)c4)ccc23)n1.Cc1cccc(/C=C/c2n[nH]c3cc(C(=O)c4cccc(NC(=O)c5nccn5C)c4)ccc23)n1. The number of amides is 4. The predicted octanol–water partition coefficient (Wildman–Crippen LogP) is 20.2. The maximum absolute atomic E-state index is 13.3. The highest BCUT2D eigenvalue weighted by atomic mass is 16.2. The normalized spacial score (nSPS) is 11.3. The van der Waals surface area contributed by atoms with Crippen molar-refractivity contribution < 1.29 is 38.4 Å². The highest BCUT2D eigenvalue weighted by Gasteiger charge is 2.23. The zero-order valence-corrected chi connectivity index (χ0v) is 80.0. The van der Waals surface area contributed by atoms with E-state index in [1.165, 1.54) is 4.68 Å². The predicted molar refractivity (Wildman–Crippen MR) is 559 cm³/mol. The molecule has 8 N–H and O–H groups in total. The molecule has 4 amide bonds. The summed E-state index contributed by atoms with van der Waals surface area (Å²) in [4.78, 5) is 129. The van der Waals surface area contributed by atoms with Crippen molar-refractivity contribution in [2.75, 3.05) is 21.3 Å². The molecule has 144 heavy (non-hydrogen) atoms. The third kappa shape index (κ3) is 23.0. The number of aromatic amines is 4. The van der Waals surface area contributed by atoms with Crippen molar-refractivity contribution in [3.63, 3.8) is 0 Å². The van der Waals surface area contributed by atoms with E-state index in [0.717, 1.165) is 123 Å². The second-order valence-electron chi connectivity index (χ2n) is 33.8. The minimum absolute atomic E-state index is 0.150. The largest absolute Gasteiger partial charge is 0.330 e. The van der Waals surface area contributed by atoms with E-state index in [0.29, 0.717) is 97.6 Å². The monoisotopic (exact) mass is 1900 g/mol. The van der Waals surface area contributed by atoms with Crippen molar-refractivity contribution in [1.82, 2.24) is 99.4 Å². The van der Waals surface area contributed by atoms with E-state index in [1.54, 1.807) is 210 Å². The lowest BCUT2D eigenvalue weighted by Gasteiger charge is -2.08. The summed E-state index contributed by atoms with van der Waals surface area (Å²) < 4.78 is 6.57. The number of aryl methyl sites for hydroxylation is 10. The Morgan fingerprint density at radius 2 is 0.597 bits per heavy atom. The van der Waals surface area contributed by atoms with Crippen LogP contribution in [0.1, 0.15) is 199 Å². The molecule has 0 aliphatic rings. The number of rotatable bonds is 26. The fourth-order valence-corrected chi connectivity index (χ4v) is 16.1. The molecule has 12 heterocycles. The smallest absolute Gasteiger partial charge is 0.291 e. The minimum Gasteiger partial charge on any atom is -0.330 e. The lowest BCUT2D eigenvalue weighted by molar-refractivity contribution is 0.100. The molecular weight excluding hydrogens is 1810 g/mol. The first-order valence-electron chi connectivity index (χ1n) is 46.1. The molecule has 0 fully saturated rings. The van der Waals surface area contributed by atoms with E-state index in [9.17, 15) is 38.4 Å². The highest BCUT2D eigenvalue weighted by molar-refractivity contribution is 6.16. The van der Waals surface area contributed by atoms with Crippen LogP contribution in [0.25, 0.3) is 92.2 Å². The number of nitrogens with one attached hydrogen (secondary N) is 8. The van der Waals surface area contributed by atoms with Crippen molar-refractivity contribution in [2.24, 2.45) is 14.1 Å². The fraction of sp³-hybridized carbons (Fsp3) is 0.107. The highest BCUT2D eigenvalue weighted by Crippen LogP contribution is 2.30. The number of benzene rings is 8. The number of ketones is 4. The van der Waals surface area contributed by atoms with Gasteiger partial charge in [0.15, 0.2) is 34.8 Å². The Balaban J connectivity index is 0.000000132. The Kier molecular flexibility index (Phi) is 29.1. The van der Waals surface area contributed by atoms with Crippen molar-refractivity contribution >= 4 is 162 Å². The Morgan fingerprint density at radius 3 is 0.910 bits per heavy atom. The Bertz CT molecular complexity index is 8460. The van der Waals surface area contributed by atoms with Gasteiger partial charge in [-0.05, 0) is 262 Å². The van der Waals surface area contributed by atoms with Crippen LogP contribution in [0.5, 0.6) is 0 Å². The lowest BCUT2D eigenvalue weighted by atomic mass is 10.0. The van der Waals surface area contributed by atoms with Gasteiger partial charge in [0.05, 0.1) is 79.0 Å². The van der Waals surface area contributed by atoms with E-state index < -0.39 is 0 Å². The molecular formula is C112H96N24O8. The van der Waals surface area contributed by atoms with Crippen molar-refractivity contribution in [3.05, 3.63) is 427 Å². The van der Waals surface area contributed by atoms with Gasteiger partial charge in [0.25, 0.3) is 23.6 Å². The summed E-state index contributed by atoms with van der Waals surface area (Å²) >= 11 is 0. The Labute approximate surface area is 825 Å². The quantitative estimate of drug-likeness (QED) is 0.0233. The van der Waals surface area contributed by atoms with Crippen molar-refractivity contribution in [1.29, 1.82) is 0 Å². The van der Waals surface area contributed by atoms with Crippen LogP contribution in [0.2, 0.25) is 0 Å². The second kappa shape index (κ2) is 43.5. The van der Waals surface area contributed by atoms with Crippen LogP contribution >= 0.6 is 0 Å². The number of hydrogen-bond acceptors (Lipinski definition) is 20. The van der Waals surface area contributed by atoms with E-state index >= 15 is 0 Å². The molecule has 0 aliphatic carbocycles. The average molecular weight is 1910 g/mol. The van der Waals surface area contributed by atoms with Crippen LogP contribution < -0.4 is 21.3 Å². The molecule has 12 aromatic heterocycles. The van der Waals surface area contributed by atoms with E-state index in [4.69, 9.17) is 0 Å². The number of carbonyl (C=O) groups is 8.